The number of guanidine groups is 1. The number of aliphatic imine (C=N–C) groups is 1. The Morgan fingerprint density at radius 3 is 2.84 bits per heavy atom. The van der Waals surface area contributed by atoms with E-state index < -0.39 is 0 Å². The van der Waals surface area contributed by atoms with Crippen molar-refractivity contribution in [2.45, 2.75) is 13.2 Å². The van der Waals surface area contributed by atoms with Crippen LogP contribution < -0.4 is 5.73 Å². The van der Waals surface area contributed by atoms with E-state index in [-0.39, 0.29) is 0 Å². The smallest absolute Gasteiger partial charge is 0.191 e. The van der Waals surface area contributed by atoms with Gasteiger partial charge in [0.05, 0.1) is 26.4 Å². The molecule has 0 aromatic heterocycles. The summed E-state index contributed by atoms with van der Waals surface area (Å²) < 4.78 is 10.4. The van der Waals surface area contributed by atoms with E-state index in [1.807, 2.05) is 12.1 Å². The van der Waals surface area contributed by atoms with Gasteiger partial charge in [-0.05, 0) is 11.1 Å². The molecule has 1 heterocycles. The summed E-state index contributed by atoms with van der Waals surface area (Å²) >= 11 is 0. The van der Waals surface area contributed by atoms with E-state index in [1.54, 1.807) is 7.11 Å². The fourth-order valence-electron chi connectivity index (χ4n) is 2.05. The summed E-state index contributed by atoms with van der Waals surface area (Å²) in [5.41, 5.74) is 8.29. The Balaban J connectivity index is 1.94. The molecule has 19 heavy (non-hydrogen) atoms. The van der Waals surface area contributed by atoms with Crippen molar-refractivity contribution in [1.82, 2.24) is 4.90 Å². The first-order valence-corrected chi connectivity index (χ1v) is 6.49. The van der Waals surface area contributed by atoms with Crippen molar-refractivity contribution in [3.63, 3.8) is 0 Å². The molecule has 0 spiro atoms. The maximum Gasteiger partial charge on any atom is 0.191 e. The maximum absolute atomic E-state index is 5.99. The van der Waals surface area contributed by atoms with Gasteiger partial charge in [0.1, 0.15) is 0 Å². The Morgan fingerprint density at radius 1 is 1.37 bits per heavy atom. The first kappa shape index (κ1) is 13.8. The third-order valence-corrected chi connectivity index (χ3v) is 3.06. The molecule has 2 N–H and O–H groups in total. The fourth-order valence-corrected chi connectivity index (χ4v) is 2.05. The number of benzene rings is 1. The van der Waals surface area contributed by atoms with Gasteiger partial charge < -0.3 is 20.1 Å². The highest BCUT2D eigenvalue weighted by Gasteiger charge is 2.11. The highest BCUT2D eigenvalue weighted by molar-refractivity contribution is 5.78. The van der Waals surface area contributed by atoms with Crippen molar-refractivity contribution in [2.75, 3.05) is 33.4 Å². The standard InChI is InChI=1S/C14H21N3O2/c1-18-11-13-4-2-3-12(9-13)10-16-14(15)17-5-7-19-8-6-17/h2-4,9H,5-8,10-11H2,1H3,(H2,15,16). The minimum atomic E-state index is 0.598. The normalized spacial score (nSPS) is 16.7. The van der Waals surface area contributed by atoms with E-state index in [0.717, 1.165) is 37.4 Å². The second-order valence-electron chi connectivity index (χ2n) is 4.53. The minimum absolute atomic E-state index is 0.598. The molecule has 0 unspecified atom stereocenters. The van der Waals surface area contributed by atoms with E-state index in [1.165, 1.54) is 0 Å². The fraction of sp³-hybridized carbons (Fsp3) is 0.500. The molecule has 1 aromatic carbocycles. The summed E-state index contributed by atoms with van der Waals surface area (Å²) in [6.07, 6.45) is 0. The van der Waals surface area contributed by atoms with Crippen LogP contribution in [0, 0.1) is 0 Å². The first-order valence-electron chi connectivity index (χ1n) is 6.49. The molecule has 2 rings (SSSR count). The predicted molar refractivity (Wildman–Crippen MR) is 74.9 cm³/mol. The number of hydrogen-bond acceptors (Lipinski definition) is 3. The van der Waals surface area contributed by atoms with E-state index in [9.17, 15) is 0 Å². The SMILES string of the molecule is COCc1cccc(CN=C(N)N2CCOCC2)c1. The average Bonchev–Trinajstić information content (AvgIpc) is 2.46. The monoisotopic (exact) mass is 263 g/mol. The molecular weight excluding hydrogens is 242 g/mol. The zero-order valence-electron chi connectivity index (χ0n) is 11.3. The van der Waals surface area contributed by atoms with Crippen molar-refractivity contribution in [3.8, 4) is 0 Å². The quantitative estimate of drug-likeness (QED) is 0.650. The van der Waals surface area contributed by atoms with Crippen molar-refractivity contribution < 1.29 is 9.47 Å². The van der Waals surface area contributed by atoms with Crippen molar-refractivity contribution in [1.29, 1.82) is 0 Å². The number of rotatable bonds is 4. The van der Waals surface area contributed by atoms with Crippen LogP contribution in [-0.4, -0.2) is 44.3 Å². The summed E-state index contributed by atoms with van der Waals surface area (Å²) in [6.45, 7) is 4.30. The molecule has 1 aliphatic rings. The molecule has 0 bridgehead atoms. The van der Waals surface area contributed by atoms with Crippen LogP contribution in [0.15, 0.2) is 29.3 Å². The van der Waals surface area contributed by atoms with Crippen LogP contribution in [0.4, 0.5) is 0 Å². The van der Waals surface area contributed by atoms with Gasteiger partial charge in [0.15, 0.2) is 5.96 Å². The van der Waals surface area contributed by atoms with Gasteiger partial charge in [-0.1, -0.05) is 24.3 Å². The molecule has 1 aliphatic heterocycles. The van der Waals surface area contributed by atoms with Crippen LogP contribution in [0.3, 0.4) is 0 Å². The molecule has 1 aromatic rings. The summed E-state index contributed by atoms with van der Waals surface area (Å²) in [7, 11) is 1.70. The highest BCUT2D eigenvalue weighted by atomic mass is 16.5. The van der Waals surface area contributed by atoms with E-state index in [4.69, 9.17) is 15.2 Å². The van der Waals surface area contributed by atoms with Gasteiger partial charge >= 0.3 is 0 Å². The number of morpholine rings is 1. The Kier molecular flexibility index (Phi) is 5.18. The van der Waals surface area contributed by atoms with Gasteiger partial charge in [-0.2, -0.15) is 0 Å². The topological polar surface area (TPSA) is 60.1 Å². The Morgan fingerprint density at radius 2 is 2.11 bits per heavy atom. The lowest BCUT2D eigenvalue weighted by molar-refractivity contribution is 0.0674. The van der Waals surface area contributed by atoms with Gasteiger partial charge in [0, 0.05) is 20.2 Å². The lowest BCUT2D eigenvalue weighted by atomic mass is 10.1. The van der Waals surface area contributed by atoms with Crippen molar-refractivity contribution in [2.24, 2.45) is 10.7 Å². The molecule has 1 saturated heterocycles. The molecule has 5 heteroatoms. The van der Waals surface area contributed by atoms with E-state index in [2.05, 4.69) is 22.0 Å². The molecule has 0 saturated carbocycles. The lowest BCUT2D eigenvalue weighted by Crippen LogP contribution is -2.44. The largest absolute Gasteiger partial charge is 0.380 e. The molecule has 0 radical (unpaired) electrons. The average molecular weight is 263 g/mol. The van der Waals surface area contributed by atoms with Crippen LogP contribution in [-0.2, 0) is 22.6 Å². The van der Waals surface area contributed by atoms with Gasteiger partial charge in [-0.3, -0.25) is 0 Å². The predicted octanol–water partition coefficient (Wildman–Crippen LogP) is 0.980. The zero-order valence-corrected chi connectivity index (χ0v) is 11.3. The van der Waals surface area contributed by atoms with E-state index >= 15 is 0 Å². The number of hydrogen-bond donors (Lipinski definition) is 1. The van der Waals surface area contributed by atoms with E-state index in [0.29, 0.717) is 19.1 Å². The van der Waals surface area contributed by atoms with Gasteiger partial charge in [0.2, 0.25) is 0 Å². The molecule has 104 valence electrons. The molecule has 0 amide bonds. The molecule has 5 nitrogen and oxygen atoms in total. The number of methoxy groups -OCH3 is 1. The number of ether oxygens (including phenoxy) is 2. The van der Waals surface area contributed by atoms with Gasteiger partial charge in [-0.15, -0.1) is 0 Å². The molecule has 1 fully saturated rings. The third kappa shape index (κ3) is 4.22. The molecule has 0 atom stereocenters. The summed E-state index contributed by atoms with van der Waals surface area (Å²) in [5.74, 6) is 0.598. The van der Waals surface area contributed by atoms with Gasteiger partial charge in [0.25, 0.3) is 0 Å². The summed E-state index contributed by atoms with van der Waals surface area (Å²) in [5, 5.41) is 0. The second-order valence-corrected chi connectivity index (χ2v) is 4.53. The van der Waals surface area contributed by atoms with Gasteiger partial charge in [-0.25, -0.2) is 4.99 Å². The summed E-state index contributed by atoms with van der Waals surface area (Å²) in [4.78, 5) is 6.50. The van der Waals surface area contributed by atoms with Crippen LogP contribution in [0.2, 0.25) is 0 Å². The van der Waals surface area contributed by atoms with Crippen LogP contribution >= 0.6 is 0 Å². The lowest BCUT2D eigenvalue weighted by Gasteiger charge is -2.27. The maximum atomic E-state index is 5.99. The van der Waals surface area contributed by atoms with Crippen molar-refractivity contribution >= 4 is 5.96 Å². The third-order valence-electron chi connectivity index (χ3n) is 3.06. The second kappa shape index (κ2) is 7.11. The Hall–Kier alpha value is -1.59. The number of nitrogens with two attached hydrogens (primary N) is 1. The Labute approximate surface area is 114 Å². The first-order chi connectivity index (χ1) is 9.29. The zero-order chi connectivity index (χ0) is 13.5. The molecule has 0 aliphatic carbocycles. The minimum Gasteiger partial charge on any atom is -0.380 e. The van der Waals surface area contributed by atoms with Crippen LogP contribution in [0.25, 0.3) is 0 Å². The number of nitrogens with zero attached hydrogens (tertiary/aromatic N) is 2. The van der Waals surface area contributed by atoms with Crippen molar-refractivity contribution in [3.05, 3.63) is 35.4 Å². The van der Waals surface area contributed by atoms with Crippen LogP contribution in [0.5, 0.6) is 0 Å². The summed E-state index contributed by atoms with van der Waals surface area (Å²) in [6, 6.07) is 8.21. The highest BCUT2D eigenvalue weighted by Crippen LogP contribution is 2.08. The van der Waals surface area contributed by atoms with Crippen LogP contribution in [0.1, 0.15) is 11.1 Å². The molecular formula is C14H21N3O2. The Bertz CT molecular complexity index is 428.